The van der Waals surface area contributed by atoms with Crippen molar-refractivity contribution in [2.24, 2.45) is 13.0 Å². The first-order valence-electron chi connectivity index (χ1n) is 9.56. The third-order valence-corrected chi connectivity index (χ3v) is 5.60. The van der Waals surface area contributed by atoms with Crippen LogP contribution in [-0.4, -0.2) is 33.8 Å². The van der Waals surface area contributed by atoms with E-state index in [1.807, 2.05) is 24.0 Å². The minimum atomic E-state index is -0.234. The maximum absolute atomic E-state index is 12.8. The van der Waals surface area contributed by atoms with Gasteiger partial charge in [0.1, 0.15) is 6.26 Å². The van der Waals surface area contributed by atoms with Crippen LogP contribution < -0.4 is 10.2 Å². The van der Waals surface area contributed by atoms with Crippen molar-refractivity contribution in [3.8, 4) is 0 Å². The summed E-state index contributed by atoms with van der Waals surface area (Å²) >= 11 is 0. The minimum absolute atomic E-state index is 0.234. The maximum Gasteiger partial charge on any atom is 0.297 e. The van der Waals surface area contributed by atoms with Gasteiger partial charge in [-0.05, 0) is 48.8 Å². The second-order valence-electron chi connectivity index (χ2n) is 7.85. The van der Waals surface area contributed by atoms with Crippen LogP contribution in [0.5, 0.6) is 0 Å². The number of hydrogen-bond acceptors (Lipinski definition) is 5. The second kappa shape index (κ2) is 6.11. The number of carbonyl (C=O) groups is 1. The summed E-state index contributed by atoms with van der Waals surface area (Å²) in [5, 5.41) is 8.38. The summed E-state index contributed by atoms with van der Waals surface area (Å²) in [4.78, 5) is 19.3. The van der Waals surface area contributed by atoms with Gasteiger partial charge in [0.25, 0.3) is 11.9 Å². The van der Waals surface area contributed by atoms with Gasteiger partial charge < -0.3 is 14.6 Å². The SMILES string of the molecule is C[C@H]1CCN(c2nc(C(=O)Nc3cc4cnn(C)c4cc3C3CC3)co2)C1. The van der Waals surface area contributed by atoms with Crippen LogP contribution in [0.1, 0.15) is 48.2 Å². The molecule has 0 radical (unpaired) electrons. The highest BCUT2D eigenvalue weighted by Gasteiger charge is 2.28. The Bertz CT molecular complexity index is 1020. The fraction of sp³-hybridized carbons (Fsp3) is 0.450. The molecule has 7 heteroatoms. The lowest BCUT2D eigenvalue weighted by Crippen LogP contribution is -2.20. The monoisotopic (exact) mass is 365 g/mol. The number of nitrogens with one attached hydrogen (secondary N) is 1. The first-order chi connectivity index (χ1) is 13.1. The number of fused-ring (bicyclic) bond motifs is 1. The Kier molecular flexibility index (Phi) is 3.70. The number of nitrogens with zero attached hydrogens (tertiary/aromatic N) is 4. The summed E-state index contributed by atoms with van der Waals surface area (Å²) < 4.78 is 7.43. The molecular weight excluding hydrogens is 342 g/mol. The van der Waals surface area contributed by atoms with Crippen LogP contribution in [0.4, 0.5) is 11.7 Å². The Morgan fingerprint density at radius 2 is 2.15 bits per heavy atom. The smallest absolute Gasteiger partial charge is 0.297 e. The fourth-order valence-electron chi connectivity index (χ4n) is 3.87. The van der Waals surface area contributed by atoms with Crippen LogP contribution in [-0.2, 0) is 7.05 Å². The Morgan fingerprint density at radius 1 is 1.30 bits per heavy atom. The minimum Gasteiger partial charge on any atom is -0.431 e. The topological polar surface area (TPSA) is 76.2 Å². The lowest BCUT2D eigenvalue weighted by atomic mass is 10.1. The lowest BCUT2D eigenvalue weighted by molar-refractivity contribution is 0.102. The van der Waals surface area contributed by atoms with E-state index in [1.54, 1.807) is 0 Å². The van der Waals surface area contributed by atoms with E-state index < -0.39 is 0 Å². The van der Waals surface area contributed by atoms with Gasteiger partial charge in [0.2, 0.25) is 0 Å². The first kappa shape index (κ1) is 16.4. The van der Waals surface area contributed by atoms with Gasteiger partial charge in [0.05, 0.1) is 11.7 Å². The number of carbonyl (C=O) groups excluding carboxylic acids is 1. The van der Waals surface area contributed by atoms with Crippen molar-refractivity contribution in [2.75, 3.05) is 23.3 Å². The average Bonchev–Trinajstić information content (AvgIpc) is 3.04. The van der Waals surface area contributed by atoms with Crippen LogP contribution in [0.15, 0.2) is 29.0 Å². The molecule has 0 unspecified atom stereocenters. The van der Waals surface area contributed by atoms with Crippen molar-refractivity contribution in [1.82, 2.24) is 14.8 Å². The molecule has 1 aliphatic heterocycles. The molecule has 2 aliphatic rings. The molecule has 1 N–H and O–H groups in total. The summed E-state index contributed by atoms with van der Waals surface area (Å²) in [5.74, 6) is 0.905. The highest BCUT2D eigenvalue weighted by atomic mass is 16.4. The van der Waals surface area contributed by atoms with Gasteiger partial charge in [-0.25, -0.2) is 0 Å². The first-order valence-corrected chi connectivity index (χ1v) is 9.56. The van der Waals surface area contributed by atoms with Gasteiger partial charge in [-0.2, -0.15) is 10.1 Å². The average molecular weight is 365 g/mol. The molecule has 2 aromatic heterocycles. The third kappa shape index (κ3) is 2.97. The predicted octanol–water partition coefficient (Wildman–Crippen LogP) is 3.54. The van der Waals surface area contributed by atoms with Crippen molar-refractivity contribution >= 4 is 28.5 Å². The molecule has 140 valence electrons. The lowest BCUT2D eigenvalue weighted by Gasteiger charge is -2.12. The third-order valence-electron chi connectivity index (χ3n) is 5.60. The highest BCUT2D eigenvalue weighted by molar-refractivity contribution is 6.04. The normalized spacial score (nSPS) is 19.8. The number of amides is 1. The molecule has 3 aromatic rings. The van der Waals surface area contributed by atoms with Crippen molar-refractivity contribution < 1.29 is 9.21 Å². The van der Waals surface area contributed by atoms with Crippen LogP contribution in [0, 0.1) is 5.92 Å². The Labute approximate surface area is 157 Å². The van der Waals surface area contributed by atoms with Gasteiger partial charge in [-0.15, -0.1) is 0 Å². The van der Waals surface area contributed by atoms with Crippen molar-refractivity contribution in [1.29, 1.82) is 0 Å². The number of benzene rings is 1. The van der Waals surface area contributed by atoms with Crippen LogP contribution in [0.3, 0.4) is 0 Å². The molecular formula is C20H23N5O2. The van der Waals surface area contributed by atoms with Gasteiger partial charge >= 0.3 is 0 Å². The van der Waals surface area contributed by atoms with Crippen molar-refractivity contribution in [2.45, 2.75) is 32.1 Å². The zero-order valence-corrected chi connectivity index (χ0v) is 15.6. The van der Waals surface area contributed by atoms with E-state index in [2.05, 4.69) is 33.3 Å². The Morgan fingerprint density at radius 3 is 2.89 bits per heavy atom. The summed E-state index contributed by atoms with van der Waals surface area (Å²) in [6.45, 7) is 4.06. The number of rotatable bonds is 4. The quantitative estimate of drug-likeness (QED) is 0.765. The highest BCUT2D eigenvalue weighted by Crippen LogP contribution is 2.44. The Balaban J connectivity index is 1.41. The molecule has 0 bridgehead atoms. The standard InChI is InChI=1S/C20H23N5O2/c1-12-5-6-25(10-12)20-23-17(11-27-20)19(26)22-16-7-14-9-21-24(2)18(14)8-15(16)13-3-4-13/h7-9,11-13H,3-6,10H2,1-2H3,(H,22,26)/t12-/m0/s1. The zero-order valence-electron chi connectivity index (χ0n) is 15.6. The summed E-state index contributed by atoms with van der Waals surface area (Å²) in [7, 11) is 1.94. The van der Waals surface area contributed by atoms with Crippen LogP contribution in [0.2, 0.25) is 0 Å². The molecule has 1 amide bonds. The summed E-state index contributed by atoms with van der Waals surface area (Å²) in [6.07, 6.45) is 6.72. The molecule has 3 heterocycles. The van der Waals surface area contributed by atoms with E-state index in [-0.39, 0.29) is 5.91 Å². The number of hydrogen-bond donors (Lipinski definition) is 1. The number of aryl methyl sites for hydroxylation is 1. The van der Waals surface area contributed by atoms with Crippen molar-refractivity contribution in [3.05, 3.63) is 35.9 Å². The van der Waals surface area contributed by atoms with Gasteiger partial charge in [-0.1, -0.05) is 6.92 Å². The molecule has 1 saturated heterocycles. The fourth-order valence-corrected chi connectivity index (χ4v) is 3.87. The molecule has 1 atom stereocenters. The molecule has 7 nitrogen and oxygen atoms in total. The number of aromatic nitrogens is 3. The largest absolute Gasteiger partial charge is 0.431 e. The summed E-state index contributed by atoms with van der Waals surface area (Å²) in [6, 6.07) is 4.70. The van der Waals surface area contributed by atoms with E-state index in [9.17, 15) is 4.79 Å². The zero-order chi connectivity index (χ0) is 18.5. The molecule has 5 rings (SSSR count). The van der Waals surface area contributed by atoms with Crippen LogP contribution >= 0.6 is 0 Å². The van der Waals surface area contributed by atoms with Gasteiger partial charge in [0.15, 0.2) is 5.69 Å². The van der Waals surface area contributed by atoms with Gasteiger partial charge in [-0.3, -0.25) is 9.48 Å². The van der Waals surface area contributed by atoms with E-state index in [4.69, 9.17) is 4.42 Å². The molecule has 2 fully saturated rings. The number of anilines is 2. The predicted molar refractivity (Wildman–Crippen MR) is 103 cm³/mol. The molecule has 0 spiro atoms. The van der Waals surface area contributed by atoms with E-state index >= 15 is 0 Å². The molecule has 27 heavy (non-hydrogen) atoms. The molecule has 1 aliphatic carbocycles. The molecule has 1 saturated carbocycles. The van der Waals surface area contributed by atoms with E-state index in [0.717, 1.165) is 48.9 Å². The number of oxazole rings is 1. The second-order valence-corrected chi connectivity index (χ2v) is 7.85. The maximum atomic E-state index is 12.8. The summed E-state index contributed by atoms with van der Waals surface area (Å²) in [5.41, 5.74) is 3.43. The molecule has 1 aromatic carbocycles. The Hall–Kier alpha value is -2.83. The van der Waals surface area contributed by atoms with Crippen molar-refractivity contribution in [3.63, 3.8) is 0 Å². The van der Waals surface area contributed by atoms with E-state index in [0.29, 0.717) is 23.5 Å². The van der Waals surface area contributed by atoms with E-state index in [1.165, 1.54) is 11.8 Å². The van der Waals surface area contributed by atoms with Gasteiger partial charge in [0, 0.05) is 31.2 Å². The van der Waals surface area contributed by atoms with Crippen LogP contribution in [0.25, 0.3) is 10.9 Å².